The van der Waals surface area contributed by atoms with Gasteiger partial charge in [0.05, 0.1) is 27.4 Å². The average Bonchev–Trinajstić information content (AvgIpc) is 2.53. The van der Waals surface area contributed by atoms with Crippen LogP contribution in [-0.4, -0.2) is 39.9 Å². The van der Waals surface area contributed by atoms with E-state index in [2.05, 4.69) is 15.6 Å². The van der Waals surface area contributed by atoms with Crippen LogP contribution in [0.2, 0.25) is 0 Å². The Labute approximate surface area is 132 Å². The number of methoxy groups -OCH3 is 2. The van der Waals surface area contributed by atoms with E-state index in [1.54, 1.807) is 14.2 Å². The smallest absolute Gasteiger partial charge is 0.203 e. The second-order valence-corrected chi connectivity index (χ2v) is 4.49. The predicted octanol–water partition coefficient (Wildman–Crippen LogP) is 2.18. The molecule has 0 saturated carbocycles. The fourth-order valence-corrected chi connectivity index (χ4v) is 1.99. The summed E-state index contributed by atoms with van der Waals surface area (Å²) in [6.45, 7) is 8.72. The highest BCUT2D eigenvalue weighted by atomic mass is 16.5. The highest BCUT2D eigenvalue weighted by molar-refractivity contribution is 5.79. The van der Waals surface area contributed by atoms with Gasteiger partial charge in [-0.05, 0) is 38.5 Å². The predicted molar refractivity (Wildman–Crippen MR) is 89.2 cm³/mol. The van der Waals surface area contributed by atoms with Crippen molar-refractivity contribution in [3.05, 3.63) is 17.7 Å². The standard InChI is InChI=1S/C16H27N3O3/c1-6-17-16(18-7-2)19-11-12-9-13(20-4)15(22-8-3)14(10-12)21-5/h9-10H,6-8,11H2,1-5H3,(H2,17,18,19). The van der Waals surface area contributed by atoms with E-state index in [0.717, 1.165) is 24.6 Å². The van der Waals surface area contributed by atoms with Gasteiger partial charge in [-0.25, -0.2) is 4.99 Å². The number of guanidine groups is 1. The Balaban J connectivity index is 3.02. The van der Waals surface area contributed by atoms with Crippen LogP contribution in [-0.2, 0) is 6.54 Å². The number of hydrogen-bond acceptors (Lipinski definition) is 4. The Morgan fingerprint density at radius 1 is 1.00 bits per heavy atom. The minimum absolute atomic E-state index is 0.522. The van der Waals surface area contributed by atoms with Crippen LogP contribution in [0.5, 0.6) is 17.2 Å². The van der Waals surface area contributed by atoms with Crippen molar-refractivity contribution >= 4 is 5.96 Å². The Morgan fingerprint density at radius 2 is 1.55 bits per heavy atom. The Hall–Kier alpha value is -2.11. The Morgan fingerprint density at radius 3 is 1.95 bits per heavy atom. The third-order valence-corrected chi connectivity index (χ3v) is 2.92. The summed E-state index contributed by atoms with van der Waals surface area (Å²) in [6, 6.07) is 3.85. The summed E-state index contributed by atoms with van der Waals surface area (Å²) in [5.41, 5.74) is 0.991. The second kappa shape index (κ2) is 9.76. The summed E-state index contributed by atoms with van der Waals surface area (Å²) in [7, 11) is 3.24. The van der Waals surface area contributed by atoms with Gasteiger partial charge in [-0.1, -0.05) is 0 Å². The lowest BCUT2D eigenvalue weighted by Crippen LogP contribution is -2.36. The molecule has 2 N–H and O–H groups in total. The molecule has 0 aliphatic carbocycles. The molecule has 22 heavy (non-hydrogen) atoms. The summed E-state index contributed by atoms with van der Waals surface area (Å²) >= 11 is 0. The fourth-order valence-electron chi connectivity index (χ4n) is 1.99. The number of nitrogens with zero attached hydrogens (tertiary/aromatic N) is 1. The van der Waals surface area contributed by atoms with Crippen LogP contribution in [0.3, 0.4) is 0 Å². The zero-order valence-corrected chi connectivity index (χ0v) is 14.2. The molecule has 1 aromatic carbocycles. The molecule has 124 valence electrons. The van der Waals surface area contributed by atoms with Gasteiger partial charge in [0.2, 0.25) is 5.75 Å². The molecule has 0 fully saturated rings. The van der Waals surface area contributed by atoms with E-state index < -0.39 is 0 Å². The fraction of sp³-hybridized carbons (Fsp3) is 0.562. The molecule has 0 atom stereocenters. The van der Waals surface area contributed by atoms with E-state index in [-0.39, 0.29) is 0 Å². The van der Waals surface area contributed by atoms with Gasteiger partial charge in [-0.2, -0.15) is 0 Å². The normalized spacial score (nSPS) is 9.86. The monoisotopic (exact) mass is 309 g/mol. The van der Waals surface area contributed by atoms with E-state index in [1.807, 2.05) is 32.9 Å². The molecule has 1 rings (SSSR count). The number of aliphatic imine (C=N–C) groups is 1. The Kier molecular flexibility index (Phi) is 7.96. The molecule has 0 heterocycles. The molecular weight excluding hydrogens is 282 g/mol. The number of hydrogen-bond donors (Lipinski definition) is 2. The highest BCUT2D eigenvalue weighted by Crippen LogP contribution is 2.38. The zero-order chi connectivity index (χ0) is 16.4. The first-order chi connectivity index (χ1) is 10.7. The van der Waals surface area contributed by atoms with Crippen LogP contribution in [0.1, 0.15) is 26.3 Å². The van der Waals surface area contributed by atoms with Crippen molar-refractivity contribution in [1.82, 2.24) is 10.6 Å². The largest absolute Gasteiger partial charge is 0.493 e. The number of nitrogens with one attached hydrogen (secondary N) is 2. The minimum Gasteiger partial charge on any atom is -0.493 e. The summed E-state index contributed by atoms with van der Waals surface area (Å²) in [5, 5.41) is 6.39. The lowest BCUT2D eigenvalue weighted by molar-refractivity contribution is 0.288. The maximum Gasteiger partial charge on any atom is 0.203 e. The first kappa shape index (κ1) is 17.9. The molecular formula is C16H27N3O3. The quantitative estimate of drug-likeness (QED) is 0.569. The van der Waals surface area contributed by atoms with Gasteiger partial charge >= 0.3 is 0 Å². The van der Waals surface area contributed by atoms with Crippen molar-refractivity contribution in [1.29, 1.82) is 0 Å². The van der Waals surface area contributed by atoms with Gasteiger partial charge in [0.15, 0.2) is 17.5 Å². The van der Waals surface area contributed by atoms with E-state index in [9.17, 15) is 0 Å². The topological polar surface area (TPSA) is 64.1 Å². The lowest BCUT2D eigenvalue weighted by Gasteiger charge is -2.15. The molecule has 0 aromatic heterocycles. The summed E-state index contributed by atoms with van der Waals surface area (Å²) in [6.07, 6.45) is 0. The molecule has 0 aliphatic rings. The van der Waals surface area contributed by atoms with Crippen LogP contribution < -0.4 is 24.8 Å². The van der Waals surface area contributed by atoms with Crippen LogP contribution in [0.15, 0.2) is 17.1 Å². The van der Waals surface area contributed by atoms with E-state index >= 15 is 0 Å². The third kappa shape index (κ3) is 5.02. The molecule has 6 nitrogen and oxygen atoms in total. The van der Waals surface area contributed by atoms with Crippen molar-refractivity contribution in [2.75, 3.05) is 33.9 Å². The molecule has 0 aliphatic heterocycles. The highest BCUT2D eigenvalue weighted by Gasteiger charge is 2.13. The molecule has 0 saturated heterocycles. The maximum absolute atomic E-state index is 5.60. The molecule has 0 unspecified atom stereocenters. The second-order valence-electron chi connectivity index (χ2n) is 4.49. The first-order valence-electron chi connectivity index (χ1n) is 7.59. The van der Waals surface area contributed by atoms with Crippen molar-refractivity contribution in [2.45, 2.75) is 27.3 Å². The third-order valence-electron chi connectivity index (χ3n) is 2.92. The summed E-state index contributed by atoms with van der Waals surface area (Å²) in [5.74, 6) is 2.72. The Bertz CT molecular complexity index is 457. The molecule has 6 heteroatoms. The van der Waals surface area contributed by atoms with Gasteiger partial charge in [-0.15, -0.1) is 0 Å². The van der Waals surface area contributed by atoms with Crippen molar-refractivity contribution in [3.8, 4) is 17.2 Å². The van der Waals surface area contributed by atoms with E-state index in [0.29, 0.717) is 30.4 Å². The van der Waals surface area contributed by atoms with Crippen LogP contribution in [0, 0.1) is 0 Å². The minimum atomic E-state index is 0.522. The van der Waals surface area contributed by atoms with Crippen LogP contribution in [0.25, 0.3) is 0 Å². The molecule has 0 spiro atoms. The number of benzene rings is 1. The molecule has 1 aromatic rings. The van der Waals surface area contributed by atoms with Crippen LogP contribution >= 0.6 is 0 Å². The summed E-state index contributed by atoms with van der Waals surface area (Å²) < 4.78 is 16.4. The van der Waals surface area contributed by atoms with Crippen molar-refractivity contribution < 1.29 is 14.2 Å². The van der Waals surface area contributed by atoms with Crippen LogP contribution in [0.4, 0.5) is 0 Å². The van der Waals surface area contributed by atoms with Gasteiger partial charge < -0.3 is 24.8 Å². The van der Waals surface area contributed by atoms with Crippen molar-refractivity contribution in [2.24, 2.45) is 4.99 Å². The number of ether oxygens (including phenoxy) is 3. The maximum atomic E-state index is 5.60. The lowest BCUT2D eigenvalue weighted by atomic mass is 10.2. The van der Waals surface area contributed by atoms with E-state index in [1.165, 1.54) is 0 Å². The van der Waals surface area contributed by atoms with Gasteiger partial charge in [-0.3, -0.25) is 0 Å². The van der Waals surface area contributed by atoms with Gasteiger partial charge in [0, 0.05) is 13.1 Å². The van der Waals surface area contributed by atoms with Gasteiger partial charge in [0.1, 0.15) is 0 Å². The van der Waals surface area contributed by atoms with Gasteiger partial charge in [0.25, 0.3) is 0 Å². The molecule has 0 radical (unpaired) electrons. The average molecular weight is 309 g/mol. The number of rotatable bonds is 8. The molecule has 0 amide bonds. The first-order valence-corrected chi connectivity index (χ1v) is 7.59. The SMILES string of the molecule is CCNC(=NCc1cc(OC)c(OCC)c(OC)c1)NCC. The van der Waals surface area contributed by atoms with E-state index in [4.69, 9.17) is 14.2 Å². The zero-order valence-electron chi connectivity index (χ0n) is 14.2. The molecule has 0 bridgehead atoms. The summed E-state index contributed by atoms with van der Waals surface area (Å²) in [4.78, 5) is 4.54. The van der Waals surface area contributed by atoms with Crippen molar-refractivity contribution in [3.63, 3.8) is 0 Å².